The van der Waals surface area contributed by atoms with Crippen LogP contribution in [0.2, 0.25) is 10.0 Å². The molecule has 1 unspecified atom stereocenters. The maximum atomic E-state index is 12.2. The average molecular weight is 332 g/mol. The summed E-state index contributed by atoms with van der Waals surface area (Å²) < 4.78 is 0. The fourth-order valence-corrected chi connectivity index (χ4v) is 2.60. The fourth-order valence-electron chi connectivity index (χ4n) is 2.08. The van der Waals surface area contributed by atoms with Crippen LogP contribution in [-0.4, -0.2) is 23.0 Å². The first-order chi connectivity index (χ1) is 9.56. The second-order valence-corrected chi connectivity index (χ2v) is 7.06. The average Bonchev–Trinajstić information content (AvgIpc) is 2.23. The number of carbonyl (C=O) groups excluding carboxylic acids is 1. The summed E-state index contributed by atoms with van der Waals surface area (Å²) in [5.41, 5.74) is 0.219. The number of halogens is 2. The van der Waals surface area contributed by atoms with Gasteiger partial charge in [0.2, 0.25) is 0 Å². The predicted octanol–water partition coefficient (Wildman–Crippen LogP) is 4.00. The molecule has 0 aliphatic rings. The van der Waals surface area contributed by atoms with E-state index < -0.39 is 12.0 Å². The van der Waals surface area contributed by atoms with Crippen LogP contribution >= 0.6 is 23.2 Å². The molecule has 2 N–H and O–H groups in total. The number of carbonyl (C=O) groups is 2. The summed E-state index contributed by atoms with van der Waals surface area (Å²) in [5.74, 6) is -1.33. The summed E-state index contributed by atoms with van der Waals surface area (Å²) in [6.07, 6.45) is 0.427. The van der Waals surface area contributed by atoms with Crippen LogP contribution in [0.4, 0.5) is 0 Å². The Bertz CT molecular complexity index is 518. The van der Waals surface area contributed by atoms with Crippen molar-refractivity contribution in [3.8, 4) is 0 Å². The number of carboxylic acids is 1. The highest BCUT2D eigenvalue weighted by atomic mass is 35.5. The van der Waals surface area contributed by atoms with Gasteiger partial charge in [0.25, 0.3) is 5.91 Å². The van der Waals surface area contributed by atoms with Crippen LogP contribution in [0.1, 0.15) is 44.0 Å². The Kier molecular flexibility index (Phi) is 6.05. The zero-order chi connectivity index (χ0) is 16.2. The summed E-state index contributed by atoms with van der Waals surface area (Å²) >= 11 is 11.7. The Morgan fingerprint density at radius 2 is 1.71 bits per heavy atom. The minimum absolute atomic E-state index is 0.0978. The van der Waals surface area contributed by atoms with Gasteiger partial charge >= 0.3 is 5.97 Å². The number of rotatable bonds is 5. The van der Waals surface area contributed by atoms with Gasteiger partial charge in [-0.2, -0.15) is 0 Å². The third kappa shape index (κ3) is 6.82. The van der Waals surface area contributed by atoms with Crippen LogP contribution in [0.5, 0.6) is 0 Å². The van der Waals surface area contributed by atoms with E-state index in [1.807, 2.05) is 20.8 Å². The molecule has 0 saturated heterocycles. The first kappa shape index (κ1) is 17.8. The summed E-state index contributed by atoms with van der Waals surface area (Å²) in [5, 5.41) is 12.4. The Hall–Kier alpha value is -1.26. The number of benzene rings is 1. The Balaban J connectivity index is 2.86. The molecule has 6 heteroatoms. The highest BCUT2D eigenvalue weighted by molar-refractivity contribution is 6.35. The second-order valence-electron chi connectivity index (χ2n) is 6.19. The van der Waals surface area contributed by atoms with Gasteiger partial charge in [-0.1, -0.05) is 44.0 Å². The lowest BCUT2D eigenvalue weighted by atomic mass is 9.87. The van der Waals surface area contributed by atoms with Crippen LogP contribution in [0.25, 0.3) is 0 Å². The molecule has 0 bridgehead atoms. The molecule has 0 aliphatic carbocycles. The molecule has 1 aromatic rings. The zero-order valence-corrected chi connectivity index (χ0v) is 13.8. The van der Waals surface area contributed by atoms with Gasteiger partial charge < -0.3 is 10.4 Å². The van der Waals surface area contributed by atoms with Crippen molar-refractivity contribution < 1.29 is 14.7 Å². The van der Waals surface area contributed by atoms with Crippen molar-refractivity contribution in [2.75, 3.05) is 0 Å². The molecule has 0 aromatic heterocycles. The lowest BCUT2D eigenvalue weighted by Crippen LogP contribution is -2.39. The van der Waals surface area contributed by atoms with Crippen LogP contribution < -0.4 is 5.32 Å². The smallest absolute Gasteiger partial charge is 0.305 e. The van der Waals surface area contributed by atoms with E-state index in [-0.39, 0.29) is 17.7 Å². The van der Waals surface area contributed by atoms with E-state index in [1.165, 1.54) is 18.2 Å². The van der Waals surface area contributed by atoms with Gasteiger partial charge in [-0.25, -0.2) is 0 Å². The maximum Gasteiger partial charge on any atom is 0.305 e. The van der Waals surface area contributed by atoms with Crippen LogP contribution in [-0.2, 0) is 4.79 Å². The van der Waals surface area contributed by atoms with E-state index in [0.29, 0.717) is 22.0 Å². The fraction of sp³-hybridized carbons (Fsp3) is 0.467. The molecule has 0 fully saturated rings. The molecular formula is C15H19Cl2NO3. The number of aliphatic carboxylic acids is 1. The molecule has 0 aliphatic heterocycles. The molecule has 1 aromatic carbocycles. The molecule has 4 nitrogen and oxygen atoms in total. The maximum absolute atomic E-state index is 12.2. The third-order valence-corrected chi connectivity index (χ3v) is 3.18. The number of amides is 1. The molecule has 1 atom stereocenters. The van der Waals surface area contributed by atoms with Gasteiger partial charge in [-0.15, -0.1) is 0 Å². The van der Waals surface area contributed by atoms with Crippen LogP contribution in [0.3, 0.4) is 0 Å². The predicted molar refractivity (Wildman–Crippen MR) is 84.0 cm³/mol. The highest BCUT2D eigenvalue weighted by Crippen LogP contribution is 2.23. The third-order valence-electron chi connectivity index (χ3n) is 2.74. The number of carboxylic acid groups (broad SMARTS) is 1. The van der Waals surface area contributed by atoms with Crippen molar-refractivity contribution in [3.05, 3.63) is 33.8 Å². The standard InChI is InChI=1S/C15H19Cl2NO3/c1-15(2,3)8-12(7-13(19)20)18-14(21)9-4-10(16)6-11(17)5-9/h4-6,12H,7-8H2,1-3H3,(H,18,21)(H,19,20). The van der Waals surface area contributed by atoms with Gasteiger partial charge in [0.15, 0.2) is 0 Å². The number of nitrogens with one attached hydrogen (secondary N) is 1. The summed E-state index contributed by atoms with van der Waals surface area (Å²) in [6.45, 7) is 5.97. The Morgan fingerprint density at radius 1 is 1.19 bits per heavy atom. The van der Waals surface area contributed by atoms with Crippen molar-refractivity contribution in [1.29, 1.82) is 0 Å². The van der Waals surface area contributed by atoms with Crippen molar-refractivity contribution in [1.82, 2.24) is 5.32 Å². The van der Waals surface area contributed by atoms with Crippen LogP contribution in [0, 0.1) is 5.41 Å². The lowest BCUT2D eigenvalue weighted by Gasteiger charge is -2.25. The largest absolute Gasteiger partial charge is 0.481 e. The monoisotopic (exact) mass is 331 g/mol. The van der Waals surface area contributed by atoms with Gasteiger partial charge in [-0.3, -0.25) is 9.59 Å². The van der Waals surface area contributed by atoms with Gasteiger partial charge in [0, 0.05) is 21.7 Å². The summed E-state index contributed by atoms with van der Waals surface area (Å²) in [4.78, 5) is 23.1. The number of hydrogen-bond donors (Lipinski definition) is 2. The van der Waals surface area contributed by atoms with E-state index >= 15 is 0 Å². The van der Waals surface area contributed by atoms with E-state index in [4.69, 9.17) is 28.3 Å². The first-order valence-electron chi connectivity index (χ1n) is 6.55. The van der Waals surface area contributed by atoms with E-state index in [0.717, 1.165) is 0 Å². The quantitative estimate of drug-likeness (QED) is 0.856. The first-order valence-corrected chi connectivity index (χ1v) is 7.31. The zero-order valence-electron chi connectivity index (χ0n) is 12.2. The molecule has 0 radical (unpaired) electrons. The molecule has 21 heavy (non-hydrogen) atoms. The highest BCUT2D eigenvalue weighted by Gasteiger charge is 2.23. The molecule has 0 spiro atoms. The van der Waals surface area contributed by atoms with E-state index in [9.17, 15) is 9.59 Å². The minimum atomic E-state index is -0.950. The molecule has 0 heterocycles. The van der Waals surface area contributed by atoms with Crippen molar-refractivity contribution >= 4 is 35.1 Å². The molecule has 0 saturated carbocycles. The molecular weight excluding hydrogens is 313 g/mol. The number of hydrogen-bond acceptors (Lipinski definition) is 2. The lowest BCUT2D eigenvalue weighted by molar-refractivity contribution is -0.137. The van der Waals surface area contributed by atoms with E-state index in [1.54, 1.807) is 0 Å². The minimum Gasteiger partial charge on any atom is -0.481 e. The van der Waals surface area contributed by atoms with Crippen molar-refractivity contribution in [2.45, 2.75) is 39.7 Å². The van der Waals surface area contributed by atoms with E-state index in [2.05, 4.69) is 5.32 Å². The van der Waals surface area contributed by atoms with Crippen molar-refractivity contribution in [3.63, 3.8) is 0 Å². The molecule has 116 valence electrons. The van der Waals surface area contributed by atoms with Gasteiger partial charge in [0.1, 0.15) is 0 Å². The normalized spacial score (nSPS) is 12.8. The molecule has 1 rings (SSSR count). The van der Waals surface area contributed by atoms with Gasteiger partial charge in [-0.05, 0) is 30.0 Å². The summed E-state index contributed by atoms with van der Waals surface area (Å²) in [6, 6.07) is 4.08. The van der Waals surface area contributed by atoms with Crippen molar-refractivity contribution in [2.24, 2.45) is 5.41 Å². The van der Waals surface area contributed by atoms with Gasteiger partial charge in [0.05, 0.1) is 6.42 Å². The SMILES string of the molecule is CC(C)(C)CC(CC(=O)O)NC(=O)c1cc(Cl)cc(Cl)c1. The summed E-state index contributed by atoms with van der Waals surface area (Å²) in [7, 11) is 0. The van der Waals surface area contributed by atoms with Crippen LogP contribution in [0.15, 0.2) is 18.2 Å². The Morgan fingerprint density at radius 3 is 2.14 bits per heavy atom. The molecule has 1 amide bonds. The second kappa shape index (κ2) is 7.14. The topological polar surface area (TPSA) is 66.4 Å². The Labute approximate surface area is 134 Å².